The number of aromatic nitrogens is 1. The van der Waals surface area contributed by atoms with Gasteiger partial charge < -0.3 is 20.7 Å². The number of carbonyl (C=O) groups is 1. The topological polar surface area (TPSA) is 80.5 Å². The summed E-state index contributed by atoms with van der Waals surface area (Å²) in [5.74, 6) is 0.0694. The summed E-state index contributed by atoms with van der Waals surface area (Å²) in [5.41, 5.74) is 10.1. The summed E-state index contributed by atoms with van der Waals surface area (Å²) in [6.45, 7) is 2.21. The molecule has 12 heteroatoms. The number of alkyl halides is 3. The fourth-order valence-corrected chi connectivity index (χ4v) is 4.24. The monoisotopic (exact) mass is 592 g/mol. The van der Waals surface area contributed by atoms with E-state index in [1.54, 1.807) is 30.6 Å². The van der Waals surface area contributed by atoms with E-state index in [1.165, 1.54) is 17.7 Å². The van der Waals surface area contributed by atoms with Crippen LogP contribution in [-0.2, 0) is 13.1 Å². The number of ether oxygens (including phenoxy) is 1. The normalized spacial score (nSPS) is 13.4. The number of pyridine rings is 1. The molecule has 2 aromatic carbocycles. The minimum atomic E-state index is -4.72. The third-order valence-corrected chi connectivity index (χ3v) is 6.08. The second kappa shape index (κ2) is 15.0. The van der Waals surface area contributed by atoms with E-state index in [0.717, 1.165) is 24.0 Å². The first-order valence-electron chi connectivity index (χ1n) is 11.4. The van der Waals surface area contributed by atoms with Gasteiger partial charge in [0.05, 0.1) is 11.3 Å². The molecule has 208 valence electrons. The van der Waals surface area contributed by atoms with Gasteiger partial charge in [-0.1, -0.05) is 36.4 Å². The van der Waals surface area contributed by atoms with Crippen molar-refractivity contribution in [1.29, 1.82) is 0 Å². The number of halogens is 6. The van der Waals surface area contributed by atoms with E-state index in [-0.39, 0.29) is 48.9 Å². The van der Waals surface area contributed by atoms with Crippen LogP contribution in [0.25, 0.3) is 0 Å². The van der Waals surface area contributed by atoms with Gasteiger partial charge in [0.15, 0.2) is 0 Å². The van der Waals surface area contributed by atoms with Crippen molar-refractivity contribution in [2.45, 2.75) is 38.2 Å². The van der Waals surface area contributed by atoms with Crippen LogP contribution in [0, 0.1) is 0 Å². The largest absolute Gasteiger partial charge is 0.573 e. The third-order valence-electron chi connectivity index (χ3n) is 6.08. The number of rotatable bonds is 7. The van der Waals surface area contributed by atoms with E-state index >= 15 is 0 Å². The summed E-state index contributed by atoms with van der Waals surface area (Å²) in [6.07, 6.45) is 0.212. The van der Waals surface area contributed by atoms with Crippen LogP contribution in [0.4, 0.5) is 18.9 Å². The lowest BCUT2D eigenvalue weighted by atomic mass is 9.88. The van der Waals surface area contributed by atoms with Gasteiger partial charge in [0.1, 0.15) is 5.75 Å². The highest BCUT2D eigenvalue weighted by Gasteiger charge is 2.31. The van der Waals surface area contributed by atoms with Crippen LogP contribution in [0.3, 0.4) is 0 Å². The number of nitrogens with one attached hydrogen (secondary N) is 1. The van der Waals surface area contributed by atoms with Gasteiger partial charge >= 0.3 is 6.36 Å². The number of carbonyl (C=O) groups excluding carboxylic acids is 1. The molecule has 0 atom stereocenters. The van der Waals surface area contributed by atoms with E-state index in [0.29, 0.717) is 43.3 Å². The molecule has 1 amide bonds. The van der Waals surface area contributed by atoms with Crippen molar-refractivity contribution in [2.24, 2.45) is 5.73 Å². The zero-order chi connectivity index (χ0) is 24.8. The summed E-state index contributed by atoms with van der Waals surface area (Å²) < 4.78 is 40.8. The molecule has 1 aliphatic rings. The summed E-state index contributed by atoms with van der Waals surface area (Å²) >= 11 is 0. The Labute approximate surface area is 238 Å². The molecule has 1 aromatic heterocycles. The van der Waals surface area contributed by atoms with Crippen LogP contribution < -0.4 is 15.8 Å². The zero-order valence-electron chi connectivity index (χ0n) is 20.3. The van der Waals surface area contributed by atoms with Crippen molar-refractivity contribution in [3.63, 3.8) is 0 Å². The lowest BCUT2D eigenvalue weighted by molar-refractivity contribution is -0.274. The van der Waals surface area contributed by atoms with Gasteiger partial charge in [0.2, 0.25) is 0 Å². The summed E-state index contributed by atoms with van der Waals surface area (Å²) in [7, 11) is 0. The Hall–Kier alpha value is -2.72. The molecule has 0 bridgehead atoms. The standard InChI is InChI=1S/C26H27F3N4O2.3ClH/c27-26(28,29)35-24-6-4-18(5-7-24)15-32-23-13-22(16-31-17-23)25(34)33-10-8-20(9-11-33)21-3-1-2-19(12-21)14-30;;;/h1-7,12-13,16-17,20,32H,8-11,14-15,30H2;3*1H. The van der Waals surface area contributed by atoms with E-state index in [9.17, 15) is 18.0 Å². The molecule has 4 rings (SSSR count). The van der Waals surface area contributed by atoms with Crippen molar-refractivity contribution in [3.05, 3.63) is 89.2 Å². The minimum absolute atomic E-state index is 0. The number of nitrogens with zero attached hydrogens (tertiary/aromatic N) is 2. The van der Waals surface area contributed by atoms with Crippen molar-refractivity contribution in [3.8, 4) is 5.75 Å². The number of piperidine rings is 1. The molecule has 0 aliphatic carbocycles. The average molecular weight is 594 g/mol. The molecule has 0 saturated carbocycles. The summed E-state index contributed by atoms with van der Waals surface area (Å²) in [6, 6.07) is 15.7. The van der Waals surface area contributed by atoms with Crippen LogP contribution in [0.2, 0.25) is 0 Å². The summed E-state index contributed by atoms with van der Waals surface area (Å²) in [5, 5.41) is 3.16. The van der Waals surface area contributed by atoms with Gasteiger partial charge in [0, 0.05) is 38.6 Å². The van der Waals surface area contributed by atoms with Crippen LogP contribution in [0.15, 0.2) is 67.0 Å². The second-order valence-corrected chi connectivity index (χ2v) is 8.52. The number of nitrogens with two attached hydrogens (primary N) is 1. The minimum Gasteiger partial charge on any atom is -0.406 e. The predicted molar refractivity (Wildman–Crippen MR) is 149 cm³/mol. The second-order valence-electron chi connectivity index (χ2n) is 8.52. The first-order chi connectivity index (χ1) is 16.8. The van der Waals surface area contributed by atoms with E-state index in [4.69, 9.17) is 5.73 Å². The number of hydrogen-bond acceptors (Lipinski definition) is 5. The highest BCUT2D eigenvalue weighted by atomic mass is 35.5. The molecular formula is C26H30Cl3F3N4O2. The van der Waals surface area contributed by atoms with Gasteiger partial charge in [-0.15, -0.1) is 50.4 Å². The highest BCUT2D eigenvalue weighted by Crippen LogP contribution is 2.29. The predicted octanol–water partition coefficient (Wildman–Crippen LogP) is 6.34. The Morgan fingerprint density at radius 2 is 1.68 bits per heavy atom. The SMILES string of the molecule is Cl.Cl.Cl.NCc1cccc(C2CCN(C(=O)c3cncc(NCc4ccc(OC(F)(F)F)cc4)c3)CC2)c1. The van der Waals surface area contributed by atoms with Crippen LogP contribution in [-0.4, -0.2) is 35.2 Å². The van der Waals surface area contributed by atoms with Crippen LogP contribution in [0.5, 0.6) is 5.75 Å². The van der Waals surface area contributed by atoms with Crippen molar-refractivity contribution >= 4 is 48.8 Å². The Bertz CT molecular complexity index is 1160. The fraction of sp³-hybridized carbons (Fsp3) is 0.308. The first kappa shape index (κ1) is 33.3. The highest BCUT2D eigenvalue weighted by molar-refractivity contribution is 5.94. The Balaban J connectivity index is 0.00000241. The van der Waals surface area contributed by atoms with Gasteiger partial charge in [0.25, 0.3) is 5.91 Å². The Morgan fingerprint density at radius 1 is 1.00 bits per heavy atom. The molecule has 2 heterocycles. The first-order valence-corrected chi connectivity index (χ1v) is 11.4. The average Bonchev–Trinajstić information content (AvgIpc) is 2.87. The Kier molecular flexibility index (Phi) is 13.2. The van der Waals surface area contributed by atoms with E-state index in [1.807, 2.05) is 17.0 Å². The maximum absolute atomic E-state index is 13.1. The third kappa shape index (κ3) is 9.23. The molecular weight excluding hydrogens is 564 g/mol. The van der Waals surface area contributed by atoms with Gasteiger partial charge in [-0.2, -0.15) is 0 Å². The maximum atomic E-state index is 13.1. The Morgan fingerprint density at radius 3 is 2.32 bits per heavy atom. The number of benzene rings is 2. The van der Waals surface area contributed by atoms with Crippen LogP contribution in [0.1, 0.15) is 45.8 Å². The number of anilines is 1. The quantitative estimate of drug-likeness (QED) is 0.334. The molecule has 0 unspecified atom stereocenters. The summed E-state index contributed by atoms with van der Waals surface area (Å²) in [4.78, 5) is 19.1. The van der Waals surface area contributed by atoms with Gasteiger partial charge in [-0.05, 0) is 53.6 Å². The molecule has 1 fully saturated rings. The molecule has 1 aliphatic heterocycles. The van der Waals surface area contributed by atoms with Crippen LogP contribution >= 0.6 is 37.2 Å². The lowest BCUT2D eigenvalue weighted by Gasteiger charge is -2.32. The van der Waals surface area contributed by atoms with Crippen molar-refractivity contribution in [1.82, 2.24) is 9.88 Å². The smallest absolute Gasteiger partial charge is 0.406 e. The van der Waals surface area contributed by atoms with E-state index in [2.05, 4.69) is 27.2 Å². The van der Waals surface area contributed by atoms with E-state index < -0.39 is 6.36 Å². The maximum Gasteiger partial charge on any atom is 0.573 e. The zero-order valence-corrected chi connectivity index (χ0v) is 22.8. The molecule has 1 saturated heterocycles. The van der Waals surface area contributed by atoms with Gasteiger partial charge in [-0.25, -0.2) is 0 Å². The molecule has 0 spiro atoms. The van der Waals surface area contributed by atoms with Crippen molar-refractivity contribution in [2.75, 3.05) is 18.4 Å². The molecule has 38 heavy (non-hydrogen) atoms. The van der Waals surface area contributed by atoms with Gasteiger partial charge in [-0.3, -0.25) is 9.78 Å². The number of likely N-dealkylation sites (tertiary alicyclic amines) is 1. The van der Waals surface area contributed by atoms with Crippen molar-refractivity contribution < 1.29 is 22.7 Å². The molecule has 3 N–H and O–H groups in total. The molecule has 6 nitrogen and oxygen atoms in total. The lowest BCUT2D eigenvalue weighted by Crippen LogP contribution is -2.38. The molecule has 3 aromatic rings. The number of amides is 1. The number of hydrogen-bond donors (Lipinski definition) is 2. The molecule has 0 radical (unpaired) electrons. The fourth-order valence-electron chi connectivity index (χ4n) is 4.24.